The van der Waals surface area contributed by atoms with Crippen molar-refractivity contribution in [2.45, 2.75) is 12.8 Å². The second-order valence-electron chi connectivity index (χ2n) is 7.24. The first-order valence-corrected chi connectivity index (χ1v) is 10.2. The maximum absolute atomic E-state index is 12.4. The third-order valence-corrected chi connectivity index (χ3v) is 4.90. The Hall–Kier alpha value is -3.39. The number of methoxy groups -OCH3 is 1. The van der Waals surface area contributed by atoms with Gasteiger partial charge in [0.25, 0.3) is 5.91 Å². The molecule has 3 amide bonds. The number of anilines is 2. The van der Waals surface area contributed by atoms with Gasteiger partial charge in [-0.25, -0.2) is 0 Å². The lowest BCUT2D eigenvalue weighted by atomic mass is 10.1. The van der Waals surface area contributed by atoms with Crippen LogP contribution in [0.4, 0.5) is 11.4 Å². The van der Waals surface area contributed by atoms with Gasteiger partial charge in [0.1, 0.15) is 5.75 Å². The number of carbonyl (C=O) groups is 3. The van der Waals surface area contributed by atoms with Crippen molar-refractivity contribution in [3.63, 3.8) is 0 Å². The minimum atomic E-state index is -0.368. The molecule has 0 bridgehead atoms. The average molecular weight is 425 g/mol. The summed E-state index contributed by atoms with van der Waals surface area (Å²) in [5.74, 6) is -0.313. The first kappa shape index (κ1) is 22.3. The van der Waals surface area contributed by atoms with Crippen LogP contribution >= 0.6 is 0 Å². The van der Waals surface area contributed by atoms with Gasteiger partial charge in [-0.15, -0.1) is 0 Å². The summed E-state index contributed by atoms with van der Waals surface area (Å²) in [7, 11) is 1.62. The molecule has 1 saturated heterocycles. The van der Waals surface area contributed by atoms with Crippen LogP contribution in [-0.4, -0.2) is 51.1 Å². The Morgan fingerprint density at radius 3 is 2.55 bits per heavy atom. The zero-order chi connectivity index (χ0) is 22.1. The number of hydrogen-bond acceptors (Lipinski definition) is 5. The second kappa shape index (κ2) is 11.1. The highest BCUT2D eigenvalue weighted by Crippen LogP contribution is 2.27. The summed E-state index contributed by atoms with van der Waals surface area (Å²) < 4.78 is 10.5. The molecule has 2 N–H and O–H groups in total. The van der Waals surface area contributed by atoms with E-state index in [9.17, 15) is 14.4 Å². The molecule has 1 atom stereocenters. The standard InChI is InChI=1S/C23H27N3O5/c1-30-13-5-12-24-23(29)17-14-22(28)26(15-17)19-8-10-20(11-9-19)31-16-21(27)25-18-6-3-2-4-7-18/h2-4,6-11,17H,5,12-16H2,1H3,(H,24,29)(H,25,27)/t17-/m0/s1. The van der Waals surface area contributed by atoms with Gasteiger partial charge >= 0.3 is 0 Å². The zero-order valence-corrected chi connectivity index (χ0v) is 17.5. The maximum atomic E-state index is 12.4. The van der Waals surface area contributed by atoms with Crippen molar-refractivity contribution >= 4 is 29.1 Å². The lowest BCUT2D eigenvalue weighted by Gasteiger charge is -2.17. The molecule has 0 radical (unpaired) electrons. The largest absolute Gasteiger partial charge is 0.484 e. The second-order valence-corrected chi connectivity index (χ2v) is 7.24. The summed E-state index contributed by atoms with van der Waals surface area (Å²) in [5, 5.41) is 5.60. The number of para-hydroxylation sites is 1. The van der Waals surface area contributed by atoms with Crippen LogP contribution in [0.5, 0.6) is 5.75 Å². The van der Waals surface area contributed by atoms with Gasteiger partial charge in [0, 0.05) is 44.6 Å². The first-order chi connectivity index (χ1) is 15.1. The third kappa shape index (κ3) is 6.55. The SMILES string of the molecule is COCCCNC(=O)[C@H]1CC(=O)N(c2ccc(OCC(=O)Nc3ccccc3)cc2)C1. The fourth-order valence-corrected chi connectivity index (χ4v) is 3.29. The molecule has 0 aromatic heterocycles. The summed E-state index contributed by atoms with van der Waals surface area (Å²) in [6.45, 7) is 1.33. The molecule has 2 aromatic rings. The molecule has 1 fully saturated rings. The van der Waals surface area contributed by atoms with Gasteiger partial charge in [0.15, 0.2) is 6.61 Å². The number of benzene rings is 2. The van der Waals surface area contributed by atoms with Crippen LogP contribution in [0.25, 0.3) is 0 Å². The molecule has 8 nitrogen and oxygen atoms in total. The van der Waals surface area contributed by atoms with Crippen molar-refractivity contribution in [3.05, 3.63) is 54.6 Å². The topological polar surface area (TPSA) is 97.0 Å². The number of nitrogens with zero attached hydrogens (tertiary/aromatic N) is 1. The van der Waals surface area contributed by atoms with Crippen molar-refractivity contribution in [2.24, 2.45) is 5.92 Å². The number of carbonyl (C=O) groups excluding carboxylic acids is 3. The molecular formula is C23H27N3O5. The Bertz CT molecular complexity index is 886. The van der Waals surface area contributed by atoms with Crippen molar-refractivity contribution in [2.75, 3.05) is 43.6 Å². The van der Waals surface area contributed by atoms with E-state index in [0.717, 1.165) is 6.42 Å². The molecule has 3 rings (SSSR count). The molecule has 0 unspecified atom stereocenters. The lowest BCUT2D eigenvalue weighted by molar-refractivity contribution is -0.126. The van der Waals surface area contributed by atoms with Crippen molar-refractivity contribution < 1.29 is 23.9 Å². The summed E-state index contributed by atoms with van der Waals surface area (Å²) in [5.41, 5.74) is 1.40. The van der Waals surface area contributed by atoms with E-state index >= 15 is 0 Å². The Labute approximate surface area is 181 Å². The maximum Gasteiger partial charge on any atom is 0.262 e. The van der Waals surface area contributed by atoms with Gasteiger partial charge < -0.3 is 25.0 Å². The first-order valence-electron chi connectivity index (χ1n) is 10.2. The van der Waals surface area contributed by atoms with Crippen LogP contribution in [0.3, 0.4) is 0 Å². The smallest absolute Gasteiger partial charge is 0.262 e. The van der Waals surface area contributed by atoms with Crippen LogP contribution in [0.1, 0.15) is 12.8 Å². The van der Waals surface area contributed by atoms with Crippen LogP contribution in [0.2, 0.25) is 0 Å². The van der Waals surface area contributed by atoms with Crippen molar-refractivity contribution in [1.29, 1.82) is 0 Å². The van der Waals surface area contributed by atoms with E-state index in [1.54, 1.807) is 48.4 Å². The predicted octanol–water partition coefficient (Wildman–Crippen LogP) is 2.21. The number of ether oxygens (including phenoxy) is 2. The van der Waals surface area contributed by atoms with Gasteiger partial charge in [-0.1, -0.05) is 18.2 Å². The van der Waals surface area contributed by atoms with Gasteiger partial charge in [0.2, 0.25) is 11.8 Å². The Kier molecular flexibility index (Phi) is 8.00. The molecule has 1 aliphatic heterocycles. The van der Waals surface area contributed by atoms with E-state index in [-0.39, 0.29) is 36.7 Å². The molecule has 0 aliphatic carbocycles. The monoisotopic (exact) mass is 425 g/mol. The summed E-state index contributed by atoms with van der Waals surface area (Å²) in [4.78, 5) is 38.2. The van der Waals surface area contributed by atoms with E-state index < -0.39 is 0 Å². The van der Waals surface area contributed by atoms with Crippen LogP contribution in [0, 0.1) is 5.92 Å². The molecule has 8 heteroatoms. The summed E-state index contributed by atoms with van der Waals surface area (Å²) in [6.07, 6.45) is 0.922. The van der Waals surface area contributed by atoms with Gasteiger partial charge in [0.05, 0.1) is 5.92 Å². The van der Waals surface area contributed by atoms with Gasteiger partial charge in [-0.05, 0) is 42.8 Å². The fourth-order valence-electron chi connectivity index (χ4n) is 3.29. The number of nitrogens with one attached hydrogen (secondary N) is 2. The minimum Gasteiger partial charge on any atom is -0.484 e. The number of rotatable bonds is 10. The highest BCUT2D eigenvalue weighted by Gasteiger charge is 2.34. The van der Waals surface area contributed by atoms with Gasteiger partial charge in [-0.2, -0.15) is 0 Å². The van der Waals surface area contributed by atoms with Crippen LogP contribution in [-0.2, 0) is 19.1 Å². The van der Waals surface area contributed by atoms with Crippen LogP contribution < -0.4 is 20.3 Å². The highest BCUT2D eigenvalue weighted by molar-refractivity contribution is 6.00. The minimum absolute atomic E-state index is 0.0899. The van der Waals surface area contributed by atoms with E-state index in [2.05, 4.69) is 10.6 Å². The highest BCUT2D eigenvalue weighted by atomic mass is 16.5. The summed E-state index contributed by atoms with van der Waals surface area (Å²) in [6, 6.07) is 16.1. The quantitative estimate of drug-likeness (QED) is 0.569. The molecule has 0 spiro atoms. The number of amides is 3. The molecule has 2 aromatic carbocycles. The summed E-state index contributed by atoms with van der Waals surface area (Å²) >= 11 is 0. The third-order valence-electron chi connectivity index (χ3n) is 4.90. The number of hydrogen-bond donors (Lipinski definition) is 2. The van der Waals surface area contributed by atoms with Crippen LogP contribution in [0.15, 0.2) is 54.6 Å². The Morgan fingerprint density at radius 1 is 1.10 bits per heavy atom. The average Bonchev–Trinajstić information content (AvgIpc) is 3.18. The van der Waals surface area contributed by atoms with E-state index in [1.807, 2.05) is 18.2 Å². The molecule has 1 heterocycles. The normalized spacial score (nSPS) is 15.6. The molecular weight excluding hydrogens is 398 g/mol. The molecule has 1 aliphatic rings. The van der Waals surface area contributed by atoms with E-state index in [1.165, 1.54) is 0 Å². The Balaban J connectivity index is 1.47. The van der Waals surface area contributed by atoms with E-state index in [4.69, 9.17) is 9.47 Å². The zero-order valence-electron chi connectivity index (χ0n) is 17.5. The molecule has 0 saturated carbocycles. The van der Waals surface area contributed by atoms with E-state index in [0.29, 0.717) is 36.8 Å². The fraction of sp³-hybridized carbons (Fsp3) is 0.348. The van der Waals surface area contributed by atoms with Crippen molar-refractivity contribution in [1.82, 2.24) is 5.32 Å². The Morgan fingerprint density at radius 2 is 1.84 bits per heavy atom. The lowest BCUT2D eigenvalue weighted by Crippen LogP contribution is -2.33. The predicted molar refractivity (Wildman–Crippen MR) is 117 cm³/mol. The molecule has 31 heavy (non-hydrogen) atoms. The molecule has 164 valence electrons. The van der Waals surface area contributed by atoms with Crippen molar-refractivity contribution in [3.8, 4) is 5.75 Å². The van der Waals surface area contributed by atoms with Gasteiger partial charge in [-0.3, -0.25) is 14.4 Å².